The van der Waals surface area contributed by atoms with Crippen molar-refractivity contribution in [3.8, 4) is 0 Å². The number of halogens is 36. The highest BCUT2D eigenvalue weighted by Crippen LogP contribution is 2.69. The van der Waals surface area contributed by atoms with Gasteiger partial charge in [0.2, 0.25) is 0 Å². The topological polar surface area (TPSA) is 0 Å². The van der Waals surface area contributed by atoms with E-state index in [4.69, 9.17) is 0 Å². The van der Waals surface area contributed by atoms with Gasteiger partial charge in [0.25, 0.3) is 0 Å². The van der Waals surface area contributed by atoms with Gasteiger partial charge in [-0.3, -0.25) is 0 Å². The molecule has 0 aliphatic heterocycles. The summed E-state index contributed by atoms with van der Waals surface area (Å²) in [6.45, 7) is -10.4. The second kappa shape index (κ2) is 14.2. The summed E-state index contributed by atoms with van der Waals surface area (Å²) in [5.74, 6) is -108. The first-order chi connectivity index (χ1) is 23.9. The molecule has 344 valence electrons. The lowest BCUT2D eigenvalue weighted by Gasteiger charge is -2.47. The molecule has 0 aromatic carbocycles. The summed E-state index contributed by atoms with van der Waals surface area (Å²) in [4.78, 5) is 0. The standard InChI is InChI=1S/C20H8Cl2F34Si/c21-57(22,19(53,54)17(49,50)15(45,46)13(41,42)11(37,38)9(33,34)5(23,24)1-3-7(27,28)29)20(55,56)18(51,52)16(47,48)14(43,44)12(39,40)10(35,36)6(25,26)2-4-8(30,31)32/h1-4H2. The summed E-state index contributed by atoms with van der Waals surface area (Å²) in [5, 5.41) is 0. The lowest BCUT2D eigenvalue weighted by Crippen LogP contribution is -2.81. The third-order valence-corrected chi connectivity index (χ3v) is 12.1. The van der Waals surface area contributed by atoms with Gasteiger partial charge < -0.3 is 0 Å². The fourth-order valence-corrected chi connectivity index (χ4v) is 6.46. The zero-order chi connectivity index (χ0) is 47.3. The van der Waals surface area contributed by atoms with Crippen LogP contribution < -0.4 is 0 Å². The highest BCUT2D eigenvalue weighted by atomic mass is 35.7. The van der Waals surface area contributed by atoms with Crippen LogP contribution in [0.3, 0.4) is 0 Å². The maximum Gasteiger partial charge on any atom is 0.417 e. The Hall–Kier alpha value is -1.58. The van der Waals surface area contributed by atoms with Gasteiger partial charge in [0.05, 0.1) is 0 Å². The van der Waals surface area contributed by atoms with Gasteiger partial charge in [-0.1, -0.05) is 0 Å². The molecule has 0 saturated carbocycles. The summed E-state index contributed by atoms with van der Waals surface area (Å²) in [7, 11) is 0. The van der Waals surface area contributed by atoms with Crippen LogP contribution in [0.2, 0.25) is 0 Å². The molecule has 37 heteroatoms. The van der Waals surface area contributed by atoms with E-state index in [0.717, 1.165) is 0 Å². The molecule has 0 unspecified atom stereocenters. The van der Waals surface area contributed by atoms with Crippen LogP contribution in [-0.4, -0.2) is 101 Å². The van der Waals surface area contributed by atoms with E-state index >= 15 is 0 Å². The normalized spacial score (nSPS) is 17.1. The molecule has 0 saturated heterocycles. The second-order valence-corrected chi connectivity index (χ2v) is 17.5. The van der Waals surface area contributed by atoms with E-state index in [9.17, 15) is 149 Å². The molecule has 0 rings (SSSR count). The molecule has 0 radical (unpaired) electrons. The molecule has 0 fully saturated rings. The Morgan fingerprint density at radius 2 is 0.386 bits per heavy atom. The molecule has 0 spiro atoms. The van der Waals surface area contributed by atoms with E-state index in [1.165, 1.54) is 0 Å². The van der Waals surface area contributed by atoms with E-state index in [0.29, 0.717) is 0 Å². The minimum Gasteiger partial charge on any atom is -0.201 e. The number of hydrogen-bond acceptors (Lipinski definition) is 0. The smallest absolute Gasteiger partial charge is 0.201 e. The quantitative estimate of drug-likeness (QED) is 0.0729. The van der Waals surface area contributed by atoms with E-state index < -0.39 is 127 Å². The van der Waals surface area contributed by atoms with Gasteiger partial charge in [0, 0.05) is 25.7 Å². The van der Waals surface area contributed by atoms with Crippen molar-refractivity contribution in [3.05, 3.63) is 0 Å². The lowest BCUT2D eigenvalue weighted by molar-refractivity contribution is -0.440. The second-order valence-electron chi connectivity index (χ2n) is 11.1. The Morgan fingerprint density at radius 1 is 0.228 bits per heavy atom. The zero-order valence-corrected chi connectivity index (χ0v) is 27.4. The Morgan fingerprint density at radius 3 is 0.561 bits per heavy atom. The summed E-state index contributed by atoms with van der Waals surface area (Å²) in [5.41, 5.74) is -18.4. The third kappa shape index (κ3) is 7.80. The van der Waals surface area contributed by atoms with Crippen LogP contribution in [0.4, 0.5) is 149 Å². The molecule has 0 bridgehead atoms. The van der Waals surface area contributed by atoms with Crippen LogP contribution >= 0.6 is 22.2 Å². The Labute approximate surface area is 299 Å². The molecular formula is C20H8Cl2F34Si. The van der Waals surface area contributed by atoms with E-state index in [1.807, 2.05) is 0 Å². The largest absolute Gasteiger partial charge is 0.417 e. The molecule has 0 aromatic rings. The molecule has 0 nitrogen and oxygen atoms in total. The molecule has 57 heavy (non-hydrogen) atoms. The molecule has 0 amide bonds. The van der Waals surface area contributed by atoms with Gasteiger partial charge in [-0.15, -0.1) is 22.2 Å². The van der Waals surface area contributed by atoms with Crippen molar-refractivity contribution in [1.29, 1.82) is 0 Å². The SMILES string of the molecule is FC(F)(F)CCC(F)(F)C(F)(F)C(F)(F)C(F)(F)C(F)(F)C(F)(F)C(F)(F)[Si](Cl)(Cl)C(F)(F)C(F)(F)C(F)(F)C(F)(F)C(F)(F)C(F)(F)C(F)(F)CCC(F)(F)F. The molecule has 0 aliphatic rings. The minimum atomic E-state index is -10.4. The lowest BCUT2D eigenvalue weighted by atomic mass is 9.89. The maximum absolute atomic E-state index is 14.5. The predicted octanol–water partition coefficient (Wildman–Crippen LogP) is 13.6. The Balaban J connectivity index is 7.58. The van der Waals surface area contributed by atoms with E-state index in [2.05, 4.69) is 22.2 Å². The van der Waals surface area contributed by atoms with Crippen molar-refractivity contribution in [2.45, 2.75) is 120 Å². The highest BCUT2D eigenvalue weighted by Gasteiger charge is 3.00. The molecular weight excluding hydrogens is 985 g/mol. The van der Waals surface area contributed by atoms with Crippen LogP contribution in [0.25, 0.3) is 0 Å². The van der Waals surface area contributed by atoms with Crippen LogP contribution in [-0.2, 0) is 0 Å². The molecule has 0 atom stereocenters. The van der Waals surface area contributed by atoms with Crippen molar-refractivity contribution in [3.63, 3.8) is 0 Å². The summed E-state index contributed by atoms with van der Waals surface area (Å²) in [6.07, 6.45) is -27.1. The van der Waals surface area contributed by atoms with Gasteiger partial charge >= 0.3 is 101 Å². The van der Waals surface area contributed by atoms with E-state index in [-0.39, 0.29) is 0 Å². The number of rotatable bonds is 18. The Bertz CT molecular complexity index is 1310. The van der Waals surface area contributed by atoms with Crippen molar-refractivity contribution in [2.75, 3.05) is 0 Å². The summed E-state index contributed by atoms with van der Waals surface area (Å²) in [6, 6.07) is 0. The first-order valence-corrected chi connectivity index (χ1v) is 16.7. The first kappa shape index (κ1) is 55.4. The first-order valence-electron chi connectivity index (χ1n) is 12.7. The van der Waals surface area contributed by atoms with Crippen LogP contribution in [0.1, 0.15) is 25.7 Å². The molecule has 0 aliphatic carbocycles. The molecule has 0 heterocycles. The van der Waals surface area contributed by atoms with E-state index in [1.54, 1.807) is 0 Å². The van der Waals surface area contributed by atoms with Gasteiger partial charge in [-0.25, -0.2) is 17.6 Å². The summed E-state index contributed by atoms with van der Waals surface area (Å²) < 4.78 is 464. The van der Waals surface area contributed by atoms with Crippen LogP contribution in [0.5, 0.6) is 0 Å². The number of alkyl halides is 34. The van der Waals surface area contributed by atoms with Gasteiger partial charge in [0.15, 0.2) is 0 Å². The van der Waals surface area contributed by atoms with Crippen LogP contribution in [0.15, 0.2) is 0 Å². The van der Waals surface area contributed by atoms with Gasteiger partial charge in [-0.05, 0) is 0 Å². The zero-order valence-electron chi connectivity index (χ0n) is 24.9. The summed E-state index contributed by atoms with van der Waals surface area (Å²) >= 11 is 7.37. The fraction of sp³-hybridized carbons (Fsp3) is 1.00. The predicted molar refractivity (Wildman–Crippen MR) is 117 cm³/mol. The van der Waals surface area contributed by atoms with Crippen molar-refractivity contribution in [1.82, 2.24) is 0 Å². The molecule has 0 N–H and O–H groups in total. The van der Waals surface area contributed by atoms with Crippen molar-refractivity contribution in [2.24, 2.45) is 0 Å². The molecule has 0 aromatic heterocycles. The maximum atomic E-state index is 14.5. The van der Waals surface area contributed by atoms with Crippen molar-refractivity contribution >= 4 is 28.9 Å². The van der Waals surface area contributed by atoms with Crippen LogP contribution in [0, 0.1) is 0 Å². The highest BCUT2D eigenvalue weighted by molar-refractivity contribution is 7.47. The van der Waals surface area contributed by atoms with Gasteiger partial charge in [0.1, 0.15) is 0 Å². The fourth-order valence-electron chi connectivity index (χ4n) is 3.54. The number of hydrogen-bond donors (Lipinski definition) is 0. The average Bonchev–Trinajstić information content (AvgIpc) is 2.96. The van der Waals surface area contributed by atoms with Gasteiger partial charge in [-0.2, -0.15) is 132 Å². The average molecular weight is 993 g/mol. The monoisotopic (exact) mass is 992 g/mol. The Kier molecular flexibility index (Phi) is 13.8. The third-order valence-electron chi connectivity index (χ3n) is 7.10. The van der Waals surface area contributed by atoms with Crippen molar-refractivity contribution < 1.29 is 149 Å². The minimum absolute atomic E-state index is 3.48.